The van der Waals surface area contributed by atoms with Gasteiger partial charge in [0.05, 0.1) is 5.71 Å². The Morgan fingerprint density at radius 2 is 1.89 bits per heavy atom. The van der Waals surface area contributed by atoms with Crippen molar-refractivity contribution in [3.63, 3.8) is 0 Å². The van der Waals surface area contributed by atoms with Crippen LogP contribution in [0, 0.1) is 0 Å². The molecular weight excluding hydrogens is 464 g/mol. The molecule has 2 amide bonds. The van der Waals surface area contributed by atoms with Gasteiger partial charge in [0.1, 0.15) is 5.25 Å². The number of nitrogens with zero attached hydrogens (tertiary/aromatic N) is 2. The first kappa shape index (κ1) is 20.6. The van der Waals surface area contributed by atoms with Crippen LogP contribution in [-0.2, 0) is 9.59 Å². The Balaban J connectivity index is 1.58. The van der Waals surface area contributed by atoms with Gasteiger partial charge in [-0.3, -0.25) is 9.59 Å². The molecule has 1 aliphatic heterocycles. The van der Waals surface area contributed by atoms with E-state index >= 15 is 0 Å². The molecule has 1 atom stereocenters. The fourth-order valence-corrected chi connectivity index (χ4v) is 3.68. The van der Waals surface area contributed by atoms with E-state index in [1.54, 1.807) is 24.3 Å². The predicted molar refractivity (Wildman–Crippen MR) is 118 cm³/mol. The number of thioether (sulfide) groups is 1. The quantitative estimate of drug-likeness (QED) is 0.491. The van der Waals surface area contributed by atoms with E-state index in [1.165, 1.54) is 11.8 Å². The predicted octanol–water partition coefficient (Wildman–Crippen LogP) is 4.44. The van der Waals surface area contributed by atoms with Crippen LogP contribution in [0.5, 0.6) is 0 Å². The Morgan fingerprint density at radius 1 is 1.21 bits per heavy atom. The fraction of sp³-hybridized carbons (Fsp3) is 0.158. The number of amides is 2. The largest absolute Gasteiger partial charge is 0.326 e. The number of carbonyl (C=O) groups is 2. The molecule has 6 nitrogen and oxygen atoms in total. The van der Waals surface area contributed by atoms with Crippen LogP contribution in [0.3, 0.4) is 0 Å². The number of nitrogens with one attached hydrogen (secondary N) is 2. The van der Waals surface area contributed by atoms with Gasteiger partial charge >= 0.3 is 0 Å². The lowest BCUT2D eigenvalue weighted by Crippen LogP contribution is -2.28. The van der Waals surface area contributed by atoms with Gasteiger partial charge in [-0.25, -0.2) is 0 Å². The van der Waals surface area contributed by atoms with Crippen LogP contribution in [0.25, 0.3) is 0 Å². The molecule has 28 heavy (non-hydrogen) atoms. The van der Waals surface area contributed by atoms with Crippen molar-refractivity contribution < 1.29 is 9.59 Å². The molecule has 9 heteroatoms. The lowest BCUT2D eigenvalue weighted by Gasteiger charge is -2.07. The highest BCUT2D eigenvalue weighted by atomic mass is 79.9. The molecule has 1 fully saturated rings. The lowest BCUT2D eigenvalue weighted by atomic mass is 10.1. The van der Waals surface area contributed by atoms with Gasteiger partial charge in [-0.1, -0.05) is 51.4 Å². The molecule has 3 rings (SSSR count). The molecule has 0 saturated carbocycles. The van der Waals surface area contributed by atoms with Gasteiger partial charge in [0.2, 0.25) is 11.8 Å². The van der Waals surface area contributed by atoms with E-state index in [0.29, 0.717) is 21.6 Å². The second kappa shape index (κ2) is 9.36. The van der Waals surface area contributed by atoms with Gasteiger partial charge in [-0.2, -0.15) is 5.10 Å². The minimum absolute atomic E-state index is 0.0471. The molecule has 1 aliphatic rings. The smallest absolute Gasteiger partial charge is 0.240 e. The van der Waals surface area contributed by atoms with Crippen molar-refractivity contribution in [3.8, 4) is 0 Å². The summed E-state index contributed by atoms with van der Waals surface area (Å²) < 4.78 is 0.923. The highest BCUT2D eigenvalue weighted by Gasteiger charge is 2.32. The number of hydrogen-bond donors (Lipinski definition) is 2. The maximum Gasteiger partial charge on any atom is 0.240 e. The van der Waals surface area contributed by atoms with E-state index in [0.717, 1.165) is 10.0 Å². The first-order valence-electron chi connectivity index (χ1n) is 8.32. The number of amidine groups is 1. The molecule has 0 bridgehead atoms. The van der Waals surface area contributed by atoms with E-state index in [9.17, 15) is 9.59 Å². The van der Waals surface area contributed by atoms with Crippen molar-refractivity contribution in [1.82, 2.24) is 5.32 Å². The Kier molecular flexibility index (Phi) is 6.88. The highest BCUT2D eigenvalue weighted by molar-refractivity contribution is 9.10. The molecule has 0 radical (unpaired) electrons. The summed E-state index contributed by atoms with van der Waals surface area (Å²) in [6.45, 7) is 1.82. The Hall–Kier alpha value is -2.16. The Morgan fingerprint density at radius 3 is 2.57 bits per heavy atom. The van der Waals surface area contributed by atoms with Crippen LogP contribution in [-0.4, -0.2) is 27.9 Å². The molecule has 0 aliphatic carbocycles. The monoisotopic (exact) mass is 478 g/mol. The van der Waals surface area contributed by atoms with Crippen LogP contribution >= 0.6 is 39.3 Å². The number of rotatable bonds is 5. The van der Waals surface area contributed by atoms with E-state index in [4.69, 9.17) is 11.6 Å². The molecule has 1 saturated heterocycles. The topological polar surface area (TPSA) is 82.9 Å². The normalized spacial score (nSPS) is 18.2. The molecule has 1 heterocycles. The van der Waals surface area contributed by atoms with Crippen molar-refractivity contribution in [2.75, 3.05) is 5.32 Å². The minimum Gasteiger partial charge on any atom is -0.326 e. The third-order valence-electron chi connectivity index (χ3n) is 3.83. The summed E-state index contributed by atoms with van der Waals surface area (Å²) in [6, 6.07) is 14.5. The summed E-state index contributed by atoms with van der Waals surface area (Å²) >= 11 is 10.4. The van der Waals surface area contributed by atoms with E-state index in [1.807, 2.05) is 31.2 Å². The number of anilines is 1. The summed E-state index contributed by atoms with van der Waals surface area (Å²) in [5.74, 6) is -0.494. The van der Waals surface area contributed by atoms with Crippen molar-refractivity contribution in [3.05, 3.63) is 63.6 Å². The number of hydrogen-bond acceptors (Lipinski definition) is 5. The molecule has 2 aromatic carbocycles. The zero-order chi connectivity index (χ0) is 20.1. The number of carbonyl (C=O) groups excluding carboxylic acids is 2. The van der Waals surface area contributed by atoms with Crippen LogP contribution in [0.15, 0.2) is 63.2 Å². The third-order valence-corrected chi connectivity index (χ3v) is 5.68. The van der Waals surface area contributed by atoms with Crippen LogP contribution < -0.4 is 10.6 Å². The first-order chi connectivity index (χ1) is 13.4. The molecule has 2 N–H and O–H groups in total. The number of benzene rings is 2. The lowest BCUT2D eigenvalue weighted by molar-refractivity contribution is -0.122. The van der Waals surface area contributed by atoms with E-state index in [2.05, 4.69) is 36.8 Å². The second-order valence-corrected chi connectivity index (χ2v) is 8.50. The molecule has 0 aromatic heterocycles. The molecule has 144 valence electrons. The Bertz CT molecular complexity index is 945. The average molecular weight is 480 g/mol. The zero-order valence-corrected chi connectivity index (χ0v) is 17.9. The van der Waals surface area contributed by atoms with Crippen LogP contribution in [0.1, 0.15) is 18.9 Å². The average Bonchev–Trinajstić information content (AvgIpc) is 3.01. The van der Waals surface area contributed by atoms with Crippen molar-refractivity contribution in [2.24, 2.45) is 10.2 Å². The standard InChI is InChI=1S/C19H16BrClN4O2S/c1-11(12-2-6-14(21)7-3-12)24-25-19-23-18(27)16(28-19)10-17(26)22-15-8-4-13(20)5-9-15/h2-9,16H,10H2,1H3,(H,22,26)(H,23,25,27)/b24-11+/t16-/m0/s1. The van der Waals surface area contributed by atoms with Crippen LogP contribution in [0.4, 0.5) is 5.69 Å². The van der Waals surface area contributed by atoms with Crippen molar-refractivity contribution in [1.29, 1.82) is 0 Å². The molecule has 0 spiro atoms. The van der Waals surface area contributed by atoms with Gasteiger partial charge in [-0.05, 0) is 48.9 Å². The van der Waals surface area contributed by atoms with Crippen LogP contribution in [0.2, 0.25) is 5.02 Å². The summed E-state index contributed by atoms with van der Waals surface area (Å²) in [6.07, 6.45) is 0.0471. The molecule has 0 unspecified atom stereocenters. The maximum absolute atomic E-state index is 12.2. The SMILES string of the molecule is C/C(=N\N=C1\NC(=O)[C@H](CC(=O)Nc2ccc(Br)cc2)S1)c1ccc(Cl)cc1. The van der Waals surface area contributed by atoms with Gasteiger partial charge in [0.15, 0.2) is 5.17 Å². The summed E-state index contributed by atoms with van der Waals surface area (Å²) in [4.78, 5) is 24.3. The first-order valence-corrected chi connectivity index (χ1v) is 10.4. The summed E-state index contributed by atoms with van der Waals surface area (Å²) in [5, 5.41) is 14.2. The molecular formula is C19H16BrClN4O2S. The minimum atomic E-state index is -0.541. The summed E-state index contributed by atoms with van der Waals surface area (Å²) in [7, 11) is 0. The summed E-state index contributed by atoms with van der Waals surface area (Å²) in [5.41, 5.74) is 2.25. The van der Waals surface area contributed by atoms with Crippen molar-refractivity contribution in [2.45, 2.75) is 18.6 Å². The third kappa shape index (κ3) is 5.67. The second-order valence-electron chi connectivity index (χ2n) is 5.95. The van der Waals surface area contributed by atoms with Gasteiger partial charge in [0, 0.05) is 21.6 Å². The Labute approximate surface area is 180 Å². The van der Waals surface area contributed by atoms with Gasteiger partial charge in [0.25, 0.3) is 0 Å². The van der Waals surface area contributed by atoms with Gasteiger partial charge in [-0.15, -0.1) is 5.10 Å². The highest BCUT2D eigenvalue weighted by Crippen LogP contribution is 2.23. The number of halogens is 2. The molecule has 2 aromatic rings. The zero-order valence-electron chi connectivity index (χ0n) is 14.8. The van der Waals surface area contributed by atoms with Gasteiger partial charge < -0.3 is 10.6 Å². The fourth-order valence-electron chi connectivity index (χ4n) is 2.37. The maximum atomic E-state index is 12.2. The van der Waals surface area contributed by atoms with E-state index < -0.39 is 5.25 Å². The van der Waals surface area contributed by atoms with Crippen molar-refractivity contribution >= 4 is 67.7 Å². The van der Waals surface area contributed by atoms with E-state index in [-0.39, 0.29) is 18.2 Å².